The number of amides is 2. The summed E-state index contributed by atoms with van der Waals surface area (Å²) >= 11 is 5.86. The number of methoxy groups -OCH3 is 1. The summed E-state index contributed by atoms with van der Waals surface area (Å²) in [6.45, 7) is 1.74. The lowest BCUT2D eigenvalue weighted by Gasteiger charge is -2.21. The predicted molar refractivity (Wildman–Crippen MR) is 95.7 cm³/mol. The molecule has 2 aromatic carbocycles. The fraction of sp³-hybridized carbons (Fsp3) is 0.222. The Morgan fingerprint density at radius 3 is 2.42 bits per heavy atom. The smallest absolute Gasteiger partial charge is 0.226 e. The predicted octanol–water partition coefficient (Wildman–Crippen LogP) is 3.73. The Kier molecular flexibility index (Phi) is 6.21. The monoisotopic (exact) mass is 346 g/mol. The molecular weight excluding hydrogens is 328 g/mol. The van der Waals surface area contributed by atoms with Crippen LogP contribution in [0.15, 0.2) is 48.5 Å². The van der Waals surface area contributed by atoms with Crippen LogP contribution in [-0.2, 0) is 9.59 Å². The summed E-state index contributed by atoms with van der Waals surface area (Å²) in [5, 5.41) is 3.39. The van der Waals surface area contributed by atoms with Crippen LogP contribution in [0.25, 0.3) is 0 Å². The molecule has 0 aromatic heterocycles. The number of rotatable bonds is 6. The van der Waals surface area contributed by atoms with E-state index in [1.807, 2.05) is 12.1 Å². The van der Waals surface area contributed by atoms with Gasteiger partial charge in [0.1, 0.15) is 5.75 Å². The van der Waals surface area contributed by atoms with Crippen molar-refractivity contribution in [2.75, 3.05) is 23.9 Å². The second-order valence-corrected chi connectivity index (χ2v) is 5.58. The highest BCUT2D eigenvalue weighted by atomic mass is 35.5. The van der Waals surface area contributed by atoms with Crippen molar-refractivity contribution in [2.24, 2.45) is 0 Å². The molecule has 0 atom stereocenters. The molecule has 126 valence electrons. The highest BCUT2D eigenvalue weighted by Crippen LogP contribution is 2.23. The molecular formula is C18H19ClN2O3. The summed E-state index contributed by atoms with van der Waals surface area (Å²) in [5.41, 5.74) is 1.31. The van der Waals surface area contributed by atoms with Crippen LogP contribution in [-0.4, -0.2) is 25.5 Å². The summed E-state index contributed by atoms with van der Waals surface area (Å²) < 4.78 is 5.20. The minimum atomic E-state index is -0.195. The van der Waals surface area contributed by atoms with Crippen LogP contribution >= 0.6 is 11.6 Å². The molecule has 1 N–H and O–H groups in total. The van der Waals surface area contributed by atoms with Gasteiger partial charge in [-0.1, -0.05) is 23.7 Å². The molecule has 0 aliphatic rings. The zero-order valence-corrected chi connectivity index (χ0v) is 14.3. The highest BCUT2D eigenvalue weighted by molar-refractivity contribution is 6.30. The van der Waals surface area contributed by atoms with E-state index in [0.29, 0.717) is 22.1 Å². The minimum absolute atomic E-state index is 0.137. The molecule has 0 spiro atoms. The third-order valence-corrected chi connectivity index (χ3v) is 3.71. The molecule has 24 heavy (non-hydrogen) atoms. The van der Waals surface area contributed by atoms with Crippen LogP contribution in [0.2, 0.25) is 5.02 Å². The number of benzene rings is 2. The van der Waals surface area contributed by atoms with Gasteiger partial charge in [-0.3, -0.25) is 9.59 Å². The normalized spacial score (nSPS) is 10.1. The first-order valence-electron chi connectivity index (χ1n) is 7.48. The van der Waals surface area contributed by atoms with Gasteiger partial charge >= 0.3 is 0 Å². The van der Waals surface area contributed by atoms with Crippen molar-refractivity contribution >= 4 is 34.8 Å². The summed E-state index contributed by atoms with van der Waals surface area (Å²) in [7, 11) is 1.54. The van der Waals surface area contributed by atoms with Crippen molar-refractivity contribution in [1.29, 1.82) is 0 Å². The zero-order chi connectivity index (χ0) is 17.5. The Hall–Kier alpha value is -2.53. The number of para-hydroxylation sites is 2. The summed E-state index contributed by atoms with van der Waals surface area (Å²) in [4.78, 5) is 25.5. The van der Waals surface area contributed by atoms with E-state index in [2.05, 4.69) is 5.32 Å². The first-order chi connectivity index (χ1) is 11.5. The van der Waals surface area contributed by atoms with Gasteiger partial charge in [-0.15, -0.1) is 0 Å². The van der Waals surface area contributed by atoms with Crippen LogP contribution in [0.3, 0.4) is 0 Å². The largest absolute Gasteiger partial charge is 0.495 e. The molecule has 0 radical (unpaired) electrons. The fourth-order valence-electron chi connectivity index (χ4n) is 2.26. The number of nitrogens with zero attached hydrogens (tertiary/aromatic N) is 1. The average molecular weight is 347 g/mol. The van der Waals surface area contributed by atoms with Crippen molar-refractivity contribution in [3.05, 3.63) is 53.6 Å². The van der Waals surface area contributed by atoms with E-state index in [1.54, 1.807) is 43.5 Å². The molecule has 0 fully saturated rings. The number of nitrogens with one attached hydrogen (secondary N) is 1. The average Bonchev–Trinajstić information content (AvgIpc) is 2.57. The van der Waals surface area contributed by atoms with Crippen LogP contribution in [0.1, 0.15) is 13.3 Å². The van der Waals surface area contributed by atoms with Gasteiger partial charge in [0.25, 0.3) is 0 Å². The molecule has 0 bridgehead atoms. The molecule has 6 heteroatoms. The maximum absolute atomic E-state index is 12.2. The number of hydrogen-bond acceptors (Lipinski definition) is 3. The van der Waals surface area contributed by atoms with Crippen molar-refractivity contribution < 1.29 is 14.3 Å². The molecule has 2 aromatic rings. The van der Waals surface area contributed by atoms with E-state index in [-0.39, 0.29) is 24.8 Å². The SMILES string of the molecule is COc1ccccc1NC(=O)CCN(C(C)=O)c1ccc(Cl)cc1. The number of carbonyl (C=O) groups excluding carboxylic acids is 2. The first-order valence-corrected chi connectivity index (χ1v) is 7.85. The topological polar surface area (TPSA) is 58.6 Å². The maximum Gasteiger partial charge on any atom is 0.226 e. The van der Waals surface area contributed by atoms with Crippen molar-refractivity contribution in [3.63, 3.8) is 0 Å². The van der Waals surface area contributed by atoms with Crippen molar-refractivity contribution in [3.8, 4) is 5.75 Å². The Morgan fingerprint density at radius 1 is 1.12 bits per heavy atom. The summed E-state index contributed by atoms with van der Waals surface area (Å²) in [5.74, 6) is 0.258. The van der Waals surface area contributed by atoms with Crippen LogP contribution < -0.4 is 15.0 Å². The third kappa shape index (κ3) is 4.73. The van der Waals surface area contributed by atoms with E-state index in [1.165, 1.54) is 11.8 Å². The number of hydrogen-bond donors (Lipinski definition) is 1. The molecule has 0 saturated heterocycles. The molecule has 0 aliphatic carbocycles. The molecule has 0 unspecified atom stereocenters. The lowest BCUT2D eigenvalue weighted by molar-refractivity contribution is -0.117. The number of anilines is 2. The lowest BCUT2D eigenvalue weighted by Crippen LogP contribution is -2.31. The standard InChI is InChI=1S/C18H19ClN2O3/c1-13(22)21(15-9-7-14(19)8-10-15)12-11-18(23)20-16-5-3-4-6-17(16)24-2/h3-10H,11-12H2,1-2H3,(H,20,23). The van der Waals surface area contributed by atoms with Crippen molar-refractivity contribution in [2.45, 2.75) is 13.3 Å². The Bertz CT molecular complexity index is 716. The van der Waals surface area contributed by atoms with E-state index in [9.17, 15) is 9.59 Å². The van der Waals surface area contributed by atoms with Gasteiger partial charge in [0.15, 0.2) is 0 Å². The van der Waals surface area contributed by atoms with Gasteiger partial charge in [-0.25, -0.2) is 0 Å². The summed E-state index contributed by atoms with van der Waals surface area (Å²) in [6, 6.07) is 14.1. The number of ether oxygens (including phenoxy) is 1. The quantitative estimate of drug-likeness (QED) is 0.867. The third-order valence-electron chi connectivity index (χ3n) is 3.46. The van der Waals surface area contributed by atoms with Gasteiger partial charge in [0.05, 0.1) is 12.8 Å². The second kappa shape index (κ2) is 8.36. The number of halogens is 1. The maximum atomic E-state index is 12.2. The van der Waals surface area contributed by atoms with E-state index in [0.717, 1.165) is 0 Å². The number of carbonyl (C=O) groups is 2. The van der Waals surface area contributed by atoms with Gasteiger partial charge in [0, 0.05) is 30.6 Å². The van der Waals surface area contributed by atoms with Gasteiger partial charge < -0.3 is 15.0 Å². The van der Waals surface area contributed by atoms with Crippen LogP contribution in [0, 0.1) is 0 Å². The second-order valence-electron chi connectivity index (χ2n) is 5.15. The Morgan fingerprint density at radius 2 is 1.79 bits per heavy atom. The van der Waals surface area contributed by atoms with Crippen molar-refractivity contribution in [1.82, 2.24) is 0 Å². The minimum Gasteiger partial charge on any atom is -0.495 e. The van der Waals surface area contributed by atoms with Gasteiger partial charge in [0.2, 0.25) is 11.8 Å². The molecule has 2 rings (SSSR count). The zero-order valence-electron chi connectivity index (χ0n) is 13.6. The molecule has 0 heterocycles. The molecule has 5 nitrogen and oxygen atoms in total. The highest BCUT2D eigenvalue weighted by Gasteiger charge is 2.14. The lowest BCUT2D eigenvalue weighted by atomic mass is 10.2. The van der Waals surface area contributed by atoms with E-state index < -0.39 is 0 Å². The van der Waals surface area contributed by atoms with E-state index in [4.69, 9.17) is 16.3 Å². The van der Waals surface area contributed by atoms with Gasteiger partial charge in [-0.2, -0.15) is 0 Å². The first kappa shape index (κ1) is 17.8. The summed E-state index contributed by atoms with van der Waals surface area (Å²) in [6.07, 6.45) is 0.167. The van der Waals surface area contributed by atoms with E-state index >= 15 is 0 Å². The van der Waals surface area contributed by atoms with Crippen LogP contribution in [0.4, 0.5) is 11.4 Å². The molecule has 0 saturated carbocycles. The Balaban J connectivity index is 2.00. The fourth-order valence-corrected chi connectivity index (χ4v) is 2.39. The molecule has 0 aliphatic heterocycles. The Labute approximate surface area is 146 Å². The molecule has 2 amide bonds. The van der Waals surface area contributed by atoms with Gasteiger partial charge in [-0.05, 0) is 36.4 Å². The van der Waals surface area contributed by atoms with Crippen LogP contribution in [0.5, 0.6) is 5.75 Å².